The molecule has 6 nitrogen and oxygen atoms in total. The summed E-state index contributed by atoms with van der Waals surface area (Å²) >= 11 is 0. The van der Waals surface area contributed by atoms with Crippen LogP contribution in [0.2, 0.25) is 0 Å². The second-order valence-corrected chi connectivity index (χ2v) is 8.23. The quantitative estimate of drug-likeness (QED) is 0.185. The fraction of sp³-hybridized carbons (Fsp3) is 0.750. The highest BCUT2D eigenvalue weighted by Crippen LogP contribution is 2.37. The standard InChI is InChI=1S/C24H40O6/c1-3-5-8-12-18(25)15-16-19-20(13-9-6-7-10-14-23(27)28)22(17-21(19)26)30-24(29)11-4-2/h15-16,18-19,21,25-26H,3-14,17H2,1-2H3,(H,27,28)/b16-15+/t18-,19+,21+/m0/s1. The topological polar surface area (TPSA) is 104 Å². The molecule has 0 fully saturated rings. The van der Waals surface area contributed by atoms with Gasteiger partial charge in [0, 0.05) is 25.2 Å². The number of unbranched alkanes of at least 4 members (excludes halogenated alkanes) is 5. The van der Waals surface area contributed by atoms with Gasteiger partial charge in [-0.3, -0.25) is 9.59 Å². The van der Waals surface area contributed by atoms with E-state index in [0.29, 0.717) is 44.3 Å². The van der Waals surface area contributed by atoms with Crippen LogP contribution in [0.4, 0.5) is 0 Å². The Morgan fingerprint density at radius 1 is 1.07 bits per heavy atom. The first-order valence-electron chi connectivity index (χ1n) is 11.6. The van der Waals surface area contributed by atoms with Crippen LogP contribution in [-0.2, 0) is 14.3 Å². The van der Waals surface area contributed by atoms with Gasteiger partial charge >= 0.3 is 11.9 Å². The zero-order valence-corrected chi connectivity index (χ0v) is 18.6. The van der Waals surface area contributed by atoms with E-state index in [0.717, 1.165) is 44.1 Å². The third kappa shape index (κ3) is 10.4. The molecule has 0 aromatic heterocycles. The summed E-state index contributed by atoms with van der Waals surface area (Å²) in [7, 11) is 0. The minimum absolute atomic E-state index is 0.183. The summed E-state index contributed by atoms with van der Waals surface area (Å²) in [6.07, 6.45) is 11.8. The number of aliphatic hydroxyl groups is 2. The zero-order chi connectivity index (χ0) is 22.4. The lowest BCUT2D eigenvalue weighted by molar-refractivity contribution is -0.140. The maximum absolute atomic E-state index is 12.0. The molecule has 0 saturated carbocycles. The second kappa shape index (κ2) is 15.2. The molecule has 30 heavy (non-hydrogen) atoms. The first kappa shape index (κ1) is 26.4. The highest BCUT2D eigenvalue weighted by atomic mass is 16.5. The number of carboxylic acid groups (broad SMARTS) is 1. The number of carbonyl (C=O) groups excluding carboxylic acids is 1. The SMILES string of the molecule is CCCCC[C@H](O)/C=C/[C@@H]1C(CCCCCCC(=O)O)=C(OC(=O)CCC)C[C@H]1O. The molecule has 0 amide bonds. The van der Waals surface area contributed by atoms with Crippen molar-refractivity contribution in [3.63, 3.8) is 0 Å². The number of esters is 1. The minimum Gasteiger partial charge on any atom is -0.481 e. The Morgan fingerprint density at radius 2 is 1.80 bits per heavy atom. The van der Waals surface area contributed by atoms with E-state index in [2.05, 4.69) is 6.92 Å². The number of hydrogen-bond acceptors (Lipinski definition) is 5. The number of aliphatic hydroxyl groups excluding tert-OH is 2. The Hall–Kier alpha value is -1.66. The van der Waals surface area contributed by atoms with Crippen molar-refractivity contribution < 1.29 is 29.6 Å². The van der Waals surface area contributed by atoms with Crippen molar-refractivity contribution >= 4 is 11.9 Å². The van der Waals surface area contributed by atoms with Crippen molar-refractivity contribution in [2.45, 2.75) is 110 Å². The lowest BCUT2D eigenvalue weighted by Crippen LogP contribution is -2.15. The van der Waals surface area contributed by atoms with Gasteiger partial charge < -0.3 is 20.1 Å². The Morgan fingerprint density at radius 3 is 2.47 bits per heavy atom. The van der Waals surface area contributed by atoms with Crippen molar-refractivity contribution in [2.24, 2.45) is 5.92 Å². The molecule has 1 rings (SSSR count). The maximum atomic E-state index is 12.0. The van der Waals surface area contributed by atoms with Crippen LogP contribution in [0.1, 0.15) is 97.3 Å². The first-order chi connectivity index (χ1) is 14.4. The van der Waals surface area contributed by atoms with E-state index in [1.807, 2.05) is 13.0 Å². The summed E-state index contributed by atoms with van der Waals surface area (Å²) in [6, 6.07) is 0. The van der Waals surface area contributed by atoms with E-state index in [-0.39, 0.29) is 18.3 Å². The van der Waals surface area contributed by atoms with E-state index in [1.165, 1.54) is 0 Å². The normalized spacial score (nSPS) is 20.1. The average molecular weight is 425 g/mol. The molecule has 0 aromatic carbocycles. The number of ether oxygens (including phenoxy) is 1. The molecule has 1 aliphatic rings. The maximum Gasteiger partial charge on any atom is 0.310 e. The van der Waals surface area contributed by atoms with Crippen molar-refractivity contribution in [1.82, 2.24) is 0 Å². The Bertz CT molecular complexity index is 580. The molecule has 0 unspecified atom stereocenters. The Kier molecular flexibility index (Phi) is 13.4. The van der Waals surface area contributed by atoms with Gasteiger partial charge in [-0.05, 0) is 37.7 Å². The molecule has 1 aliphatic carbocycles. The van der Waals surface area contributed by atoms with Crippen molar-refractivity contribution in [1.29, 1.82) is 0 Å². The van der Waals surface area contributed by atoms with E-state index in [1.54, 1.807) is 6.08 Å². The summed E-state index contributed by atoms with van der Waals surface area (Å²) in [5.74, 6) is -0.733. The summed E-state index contributed by atoms with van der Waals surface area (Å²) in [5, 5.41) is 29.5. The molecule has 0 radical (unpaired) electrons. The van der Waals surface area contributed by atoms with Crippen LogP contribution in [0.25, 0.3) is 0 Å². The fourth-order valence-corrected chi connectivity index (χ4v) is 3.81. The summed E-state index contributed by atoms with van der Waals surface area (Å²) in [5.41, 5.74) is 0.933. The van der Waals surface area contributed by atoms with Gasteiger partial charge in [-0.15, -0.1) is 0 Å². The Labute approximate surface area is 181 Å². The molecule has 3 N–H and O–H groups in total. The van der Waals surface area contributed by atoms with Crippen LogP contribution in [0, 0.1) is 5.92 Å². The zero-order valence-electron chi connectivity index (χ0n) is 18.6. The molecular formula is C24H40O6. The number of hydrogen-bond donors (Lipinski definition) is 3. The summed E-state index contributed by atoms with van der Waals surface area (Å²) in [6.45, 7) is 4.04. The van der Waals surface area contributed by atoms with Gasteiger partial charge in [0.25, 0.3) is 0 Å². The number of carboxylic acids is 1. The highest BCUT2D eigenvalue weighted by Gasteiger charge is 2.33. The van der Waals surface area contributed by atoms with Crippen molar-refractivity contribution in [2.75, 3.05) is 0 Å². The predicted molar refractivity (Wildman–Crippen MR) is 117 cm³/mol. The smallest absolute Gasteiger partial charge is 0.310 e. The van der Waals surface area contributed by atoms with Crippen LogP contribution < -0.4 is 0 Å². The highest BCUT2D eigenvalue weighted by molar-refractivity contribution is 5.70. The fourth-order valence-electron chi connectivity index (χ4n) is 3.81. The van der Waals surface area contributed by atoms with Gasteiger partial charge in [0.15, 0.2) is 0 Å². The van der Waals surface area contributed by atoms with Crippen molar-refractivity contribution in [3.8, 4) is 0 Å². The molecule has 0 aliphatic heterocycles. The number of carbonyl (C=O) groups is 2. The monoisotopic (exact) mass is 424 g/mol. The van der Waals surface area contributed by atoms with Crippen LogP contribution in [0.15, 0.2) is 23.5 Å². The largest absolute Gasteiger partial charge is 0.481 e. The van der Waals surface area contributed by atoms with Gasteiger partial charge in [0.2, 0.25) is 0 Å². The first-order valence-corrected chi connectivity index (χ1v) is 11.6. The van der Waals surface area contributed by atoms with Gasteiger partial charge in [0.05, 0.1) is 12.2 Å². The average Bonchev–Trinajstić information content (AvgIpc) is 2.97. The predicted octanol–water partition coefficient (Wildman–Crippen LogP) is 4.89. The number of rotatable bonds is 16. The molecule has 0 bridgehead atoms. The second-order valence-electron chi connectivity index (χ2n) is 8.23. The van der Waals surface area contributed by atoms with Gasteiger partial charge in [-0.25, -0.2) is 0 Å². The molecular weight excluding hydrogens is 384 g/mol. The van der Waals surface area contributed by atoms with E-state index >= 15 is 0 Å². The van der Waals surface area contributed by atoms with Crippen molar-refractivity contribution in [3.05, 3.63) is 23.5 Å². The molecule has 172 valence electrons. The van der Waals surface area contributed by atoms with Crippen LogP contribution in [0.5, 0.6) is 0 Å². The van der Waals surface area contributed by atoms with Gasteiger partial charge in [-0.2, -0.15) is 0 Å². The van der Waals surface area contributed by atoms with Crippen LogP contribution >= 0.6 is 0 Å². The molecule has 0 spiro atoms. The van der Waals surface area contributed by atoms with E-state index in [4.69, 9.17) is 9.84 Å². The third-order valence-electron chi connectivity index (χ3n) is 5.49. The van der Waals surface area contributed by atoms with E-state index < -0.39 is 18.2 Å². The minimum atomic E-state index is -0.774. The molecule has 6 heteroatoms. The molecule has 3 atom stereocenters. The Balaban J connectivity index is 2.74. The van der Waals surface area contributed by atoms with Crippen LogP contribution in [-0.4, -0.2) is 39.5 Å². The van der Waals surface area contributed by atoms with Crippen LogP contribution in [0.3, 0.4) is 0 Å². The lowest BCUT2D eigenvalue weighted by Gasteiger charge is -2.16. The van der Waals surface area contributed by atoms with Gasteiger partial charge in [0.1, 0.15) is 5.76 Å². The summed E-state index contributed by atoms with van der Waals surface area (Å²) < 4.78 is 5.57. The molecule has 0 heterocycles. The summed E-state index contributed by atoms with van der Waals surface area (Å²) in [4.78, 5) is 22.6. The third-order valence-corrected chi connectivity index (χ3v) is 5.49. The molecule has 0 saturated heterocycles. The molecule has 0 aromatic rings. The number of aliphatic carboxylic acids is 1. The van der Waals surface area contributed by atoms with Gasteiger partial charge in [-0.1, -0.05) is 58.1 Å². The lowest BCUT2D eigenvalue weighted by atomic mass is 9.93. The van der Waals surface area contributed by atoms with E-state index in [9.17, 15) is 19.8 Å².